The molecular weight excluding hydrogens is 236 g/mol. The van der Waals surface area contributed by atoms with Gasteiger partial charge in [-0.25, -0.2) is 0 Å². The number of rotatable bonds is 4. The number of benzene rings is 1. The molecule has 0 saturated carbocycles. The number of hydrogen-bond donors (Lipinski definition) is 0. The van der Waals surface area contributed by atoms with E-state index >= 15 is 0 Å². The van der Waals surface area contributed by atoms with Crippen molar-refractivity contribution in [3.63, 3.8) is 0 Å². The largest absolute Gasteiger partial charge is 0.399 e. The lowest BCUT2D eigenvalue weighted by molar-refractivity contribution is 0.104. The third kappa shape index (κ3) is 2.76. The summed E-state index contributed by atoms with van der Waals surface area (Å²) in [6.07, 6.45) is 1.47. The van der Waals surface area contributed by atoms with E-state index in [9.17, 15) is 4.79 Å². The Hall–Kier alpha value is -2.01. The second kappa shape index (κ2) is 5.36. The molecule has 0 radical (unpaired) electrons. The lowest BCUT2D eigenvalue weighted by Gasteiger charge is -1.95. The van der Waals surface area contributed by atoms with Gasteiger partial charge in [-0.3, -0.25) is 4.79 Å². The summed E-state index contributed by atoms with van der Waals surface area (Å²) in [7, 11) is 1.46. The molecule has 17 heavy (non-hydrogen) atoms. The van der Waals surface area contributed by atoms with E-state index in [2.05, 4.69) is 14.4 Å². The van der Waals surface area contributed by atoms with Crippen molar-refractivity contribution < 1.29 is 9.63 Å². The zero-order valence-electron chi connectivity index (χ0n) is 9.16. The fraction of sp³-hybridized carbons (Fsp3) is 0.0833. The molecule has 0 N–H and O–H groups in total. The first-order valence-corrected chi connectivity index (χ1v) is 5.71. The third-order valence-electron chi connectivity index (χ3n) is 2.08. The van der Waals surface area contributed by atoms with Gasteiger partial charge >= 0.3 is 0 Å². The van der Waals surface area contributed by atoms with E-state index in [0.717, 1.165) is 11.5 Å². The number of hydrogen-bond acceptors (Lipinski definition) is 5. The SMILES string of the molecule is CO/N=C/c1cc(C(=O)c2ccccc2)sn1. The predicted octanol–water partition coefficient (Wildman–Crippen LogP) is 2.35. The molecule has 1 aromatic heterocycles. The summed E-state index contributed by atoms with van der Waals surface area (Å²) in [4.78, 5) is 17.2. The van der Waals surface area contributed by atoms with E-state index in [1.54, 1.807) is 18.2 Å². The van der Waals surface area contributed by atoms with Crippen molar-refractivity contribution in [3.05, 3.63) is 52.5 Å². The second-order valence-corrected chi connectivity index (χ2v) is 4.03. The lowest BCUT2D eigenvalue weighted by atomic mass is 10.1. The van der Waals surface area contributed by atoms with Gasteiger partial charge in [0.1, 0.15) is 7.11 Å². The summed E-state index contributed by atoms with van der Waals surface area (Å²) in [6.45, 7) is 0. The Morgan fingerprint density at radius 2 is 2.18 bits per heavy atom. The van der Waals surface area contributed by atoms with Crippen LogP contribution < -0.4 is 0 Å². The smallest absolute Gasteiger partial charge is 0.204 e. The highest BCUT2D eigenvalue weighted by Crippen LogP contribution is 2.14. The molecule has 0 aliphatic carbocycles. The maximum atomic E-state index is 12.0. The van der Waals surface area contributed by atoms with Crippen LogP contribution in [-0.2, 0) is 4.84 Å². The maximum absolute atomic E-state index is 12.0. The van der Waals surface area contributed by atoms with Gasteiger partial charge in [0.25, 0.3) is 0 Å². The first-order chi connectivity index (χ1) is 8.31. The molecule has 5 heteroatoms. The molecule has 0 unspecified atom stereocenters. The third-order valence-corrected chi connectivity index (χ3v) is 2.88. The van der Waals surface area contributed by atoms with Gasteiger partial charge in [-0.15, -0.1) is 0 Å². The van der Waals surface area contributed by atoms with Crippen LogP contribution in [0, 0.1) is 0 Å². The zero-order valence-corrected chi connectivity index (χ0v) is 9.98. The van der Waals surface area contributed by atoms with Crippen molar-refractivity contribution in [1.82, 2.24) is 4.37 Å². The van der Waals surface area contributed by atoms with Gasteiger partial charge < -0.3 is 4.84 Å². The van der Waals surface area contributed by atoms with Gasteiger partial charge in [0.05, 0.1) is 16.8 Å². The van der Waals surface area contributed by atoms with Crippen molar-refractivity contribution >= 4 is 23.5 Å². The Bertz CT molecular complexity index is 534. The average molecular weight is 246 g/mol. The molecular formula is C12H10N2O2S. The molecule has 2 aromatic rings. The van der Waals surface area contributed by atoms with Crippen LogP contribution in [0.15, 0.2) is 41.6 Å². The molecule has 4 nitrogen and oxygen atoms in total. The summed E-state index contributed by atoms with van der Waals surface area (Å²) in [5.74, 6) is -0.0276. The predicted molar refractivity (Wildman–Crippen MR) is 66.6 cm³/mol. The highest BCUT2D eigenvalue weighted by Gasteiger charge is 2.11. The Kier molecular flexibility index (Phi) is 3.62. The minimum Gasteiger partial charge on any atom is -0.399 e. The maximum Gasteiger partial charge on any atom is 0.204 e. The van der Waals surface area contributed by atoms with E-state index in [1.165, 1.54) is 13.3 Å². The van der Waals surface area contributed by atoms with Crippen LogP contribution in [0.3, 0.4) is 0 Å². The Labute approximate surface area is 103 Å². The van der Waals surface area contributed by atoms with E-state index in [4.69, 9.17) is 0 Å². The minimum absolute atomic E-state index is 0.0276. The standard InChI is InChI=1S/C12H10N2O2S/c1-16-13-8-10-7-11(17-14-10)12(15)9-5-3-2-4-6-9/h2-8H,1H3/b13-8+. The summed E-state index contributed by atoms with van der Waals surface area (Å²) < 4.78 is 4.09. The van der Waals surface area contributed by atoms with Crippen molar-refractivity contribution in [1.29, 1.82) is 0 Å². The Morgan fingerprint density at radius 3 is 2.88 bits per heavy atom. The monoisotopic (exact) mass is 246 g/mol. The van der Waals surface area contributed by atoms with Crippen molar-refractivity contribution in [2.75, 3.05) is 7.11 Å². The number of oxime groups is 1. The minimum atomic E-state index is -0.0276. The quantitative estimate of drug-likeness (QED) is 0.472. The number of ketones is 1. The van der Waals surface area contributed by atoms with Crippen LogP contribution in [0.25, 0.3) is 0 Å². The number of carbonyl (C=O) groups is 1. The van der Waals surface area contributed by atoms with Crippen LogP contribution in [0.2, 0.25) is 0 Å². The van der Waals surface area contributed by atoms with Gasteiger partial charge in [0.15, 0.2) is 0 Å². The van der Waals surface area contributed by atoms with E-state index in [1.807, 2.05) is 18.2 Å². The van der Waals surface area contributed by atoms with Crippen LogP contribution in [0.1, 0.15) is 20.9 Å². The molecule has 1 aromatic carbocycles. The highest BCUT2D eigenvalue weighted by atomic mass is 32.1. The number of carbonyl (C=O) groups excluding carboxylic acids is 1. The molecule has 0 amide bonds. The van der Waals surface area contributed by atoms with Gasteiger partial charge in [-0.05, 0) is 17.6 Å². The molecule has 0 bridgehead atoms. The first kappa shape index (κ1) is 11.5. The van der Waals surface area contributed by atoms with Gasteiger partial charge in [-0.2, -0.15) is 4.37 Å². The molecule has 0 aliphatic rings. The van der Waals surface area contributed by atoms with Crippen LogP contribution in [0.4, 0.5) is 0 Å². The van der Waals surface area contributed by atoms with Crippen LogP contribution in [-0.4, -0.2) is 23.5 Å². The summed E-state index contributed by atoms with van der Waals surface area (Å²) >= 11 is 1.16. The topological polar surface area (TPSA) is 51.5 Å². The number of nitrogens with zero attached hydrogens (tertiary/aromatic N) is 2. The van der Waals surface area contributed by atoms with E-state index in [-0.39, 0.29) is 5.78 Å². The second-order valence-electron chi connectivity index (χ2n) is 3.23. The fourth-order valence-corrected chi connectivity index (χ4v) is 1.97. The normalized spacial score (nSPS) is 10.6. The van der Waals surface area contributed by atoms with Gasteiger partial charge in [-0.1, -0.05) is 35.5 Å². The molecule has 0 fully saturated rings. The van der Waals surface area contributed by atoms with Crippen LogP contribution >= 0.6 is 11.5 Å². The van der Waals surface area contributed by atoms with Gasteiger partial charge in [0.2, 0.25) is 5.78 Å². The molecule has 0 atom stereocenters. The highest BCUT2D eigenvalue weighted by molar-refractivity contribution is 7.08. The Morgan fingerprint density at radius 1 is 1.41 bits per heavy atom. The summed E-state index contributed by atoms with van der Waals surface area (Å²) in [5.41, 5.74) is 1.28. The zero-order chi connectivity index (χ0) is 12.1. The van der Waals surface area contributed by atoms with Crippen molar-refractivity contribution in [2.45, 2.75) is 0 Å². The molecule has 0 aliphatic heterocycles. The molecule has 2 rings (SSSR count). The van der Waals surface area contributed by atoms with Crippen molar-refractivity contribution in [2.24, 2.45) is 5.16 Å². The van der Waals surface area contributed by atoms with Gasteiger partial charge in [0, 0.05) is 5.56 Å². The van der Waals surface area contributed by atoms with E-state index in [0.29, 0.717) is 16.1 Å². The number of aromatic nitrogens is 1. The molecule has 1 heterocycles. The fourth-order valence-electron chi connectivity index (χ4n) is 1.30. The average Bonchev–Trinajstić information content (AvgIpc) is 2.85. The lowest BCUT2D eigenvalue weighted by Crippen LogP contribution is -1.97. The molecule has 0 saturated heterocycles. The summed E-state index contributed by atoms with van der Waals surface area (Å²) in [6, 6.07) is 10.8. The molecule has 0 spiro atoms. The van der Waals surface area contributed by atoms with Crippen LogP contribution in [0.5, 0.6) is 0 Å². The first-order valence-electron chi connectivity index (χ1n) is 4.94. The molecule has 86 valence electrons. The van der Waals surface area contributed by atoms with Crippen molar-refractivity contribution in [3.8, 4) is 0 Å². The van der Waals surface area contributed by atoms with E-state index < -0.39 is 0 Å². The Balaban J connectivity index is 2.21. The summed E-state index contributed by atoms with van der Waals surface area (Å²) in [5, 5.41) is 3.60.